The van der Waals surface area contributed by atoms with E-state index in [0.29, 0.717) is 5.56 Å². The molecule has 2 rings (SSSR count). The number of aromatic nitrogens is 1. The summed E-state index contributed by atoms with van der Waals surface area (Å²) >= 11 is 1.19. The third kappa shape index (κ3) is 1.03. The summed E-state index contributed by atoms with van der Waals surface area (Å²) in [6, 6.07) is 5.43. The van der Waals surface area contributed by atoms with Gasteiger partial charge in [0, 0.05) is 11.6 Å². The smallest absolute Gasteiger partial charge is 0.241 e. The zero-order chi connectivity index (χ0) is 7.68. The standard InChI is InChI=1S/C8H5NOS/c10-8-6-3-1-2-4-9-7(6)5-11-8/h1-5H. The fourth-order valence-electron chi connectivity index (χ4n) is 0.919. The molecule has 0 N–H and O–H groups in total. The van der Waals surface area contributed by atoms with Crippen molar-refractivity contribution in [2.45, 2.75) is 0 Å². The molecule has 0 bridgehead atoms. The van der Waals surface area contributed by atoms with E-state index in [1.165, 1.54) is 11.3 Å². The van der Waals surface area contributed by atoms with E-state index in [1.54, 1.807) is 17.6 Å². The van der Waals surface area contributed by atoms with Crippen LogP contribution < -0.4 is 4.74 Å². The summed E-state index contributed by atoms with van der Waals surface area (Å²) in [6.45, 7) is 0. The van der Waals surface area contributed by atoms with Crippen LogP contribution in [0, 0.1) is 0 Å². The van der Waals surface area contributed by atoms with Crippen LogP contribution in [0.4, 0.5) is 0 Å². The summed E-state index contributed by atoms with van der Waals surface area (Å²) < 4.78 is 0.0868. The van der Waals surface area contributed by atoms with Gasteiger partial charge in [-0.15, -0.1) is 0 Å². The Labute approximate surface area is 67.5 Å². The van der Waals surface area contributed by atoms with E-state index in [9.17, 15) is 4.79 Å². The van der Waals surface area contributed by atoms with Gasteiger partial charge < -0.3 is 0 Å². The molecule has 54 valence electrons. The molecule has 0 radical (unpaired) electrons. The molecule has 0 amide bonds. The van der Waals surface area contributed by atoms with Crippen molar-refractivity contribution >= 4 is 11.3 Å². The highest BCUT2D eigenvalue weighted by Crippen LogP contribution is 2.15. The monoisotopic (exact) mass is 163 g/mol. The van der Waals surface area contributed by atoms with Crippen molar-refractivity contribution in [3.05, 3.63) is 39.3 Å². The Morgan fingerprint density at radius 3 is 3.18 bits per heavy atom. The first-order valence-corrected chi connectivity index (χ1v) is 4.08. The zero-order valence-corrected chi connectivity index (χ0v) is 6.47. The predicted octanol–water partition coefficient (Wildman–Crippen LogP) is 1.61. The molecule has 2 nitrogen and oxygen atoms in total. The SMILES string of the molecule is O=c1scc2nccccc1-2. The van der Waals surface area contributed by atoms with Gasteiger partial charge in [-0.05, 0) is 12.1 Å². The van der Waals surface area contributed by atoms with Crippen LogP contribution in [-0.2, 0) is 0 Å². The van der Waals surface area contributed by atoms with Gasteiger partial charge in [0.2, 0.25) is 4.74 Å². The molecule has 0 aromatic carbocycles. The minimum atomic E-state index is 0.0868. The number of nitrogens with zero attached hydrogens (tertiary/aromatic N) is 1. The van der Waals surface area contributed by atoms with Gasteiger partial charge in [-0.25, -0.2) is 0 Å². The highest BCUT2D eigenvalue weighted by Gasteiger charge is 2.05. The van der Waals surface area contributed by atoms with Crippen LogP contribution in [-0.4, -0.2) is 4.98 Å². The zero-order valence-electron chi connectivity index (χ0n) is 5.65. The minimum Gasteiger partial charge on any atom is -0.277 e. The van der Waals surface area contributed by atoms with Crippen LogP contribution in [0.25, 0.3) is 11.3 Å². The lowest BCUT2D eigenvalue weighted by Gasteiger charge is -1.82. The van der Waals surface area contributed by atoms with Crippen molar-refractivity contribution in [3.63, 3.8) is 0 Å². The molecule has 0 spiro atoms. The summed E-state index contributed by atoms with van der Waals surface area (Å²) in [7, 11) is 0. The molecule has 3 heteroatoms. The second kappa shape index (κ2) is 2.43. The maximum absolute atomic E-state index is 11.1. The van der Waals surface area contributed by atoms with Gasteiger partial charge in [0.1, 0.15) is 0 Å². The van der Waals surface area contributed by atoms with Crippen LogP contribution in [0.15, 0.2) is 34.6 Å². The third-order valence-corrected chi connectivity index (χ3v) is 2.22. The van der Waals surface area contributed by atoms with Gasteiger partial charge in [0.05, 0.1) is 11.3 Å². The predicted molar refractivity (Wildman–Crippen MR) is 45.0 cm³/mol. The van der Waals surface area contributed by atoms with Crippen LogP contribution >= 0.6 is 11.3 Å². The van der Waals surface area contributed by atoms with Crippen molar-refractivity contribution in [1.82, 2.24) is 4.98 Å². The van der Waals surface area contributed by atoms with Crippen LogP contribution in [0.3, 0.4) is 0 Å². The number of thiophene rings is 1. The van der Waals surface area contributed by atoms with E-state index in [2.05, 4.69) is 4.98 Å². The van der Waals surface area contributed by atoms with E-state index in [-0.39, 0.29) is 4.74 Å². The van der Waals surface area contributed by atoms with Gasteiger partial charge in [-0.2, -0.15) is 0 Å². The van der Waals surface area contributed by atoms with Gasteiger partial charge >= 0.3 is 0 Å². The second-order valence-electron chi connectivity index (χ2n) is 2.15. The molecule has 0 atom stereocenters. The summed E-state index contributed by atoms with van der Waals surface area (Å²) in [6.07, 6.45) is 1.69. The van der Waals surface area contributed by atoms with Gasteiger partial charge in [0.25, 0.3) is 0 Å². The Hall–Kier alpha value is -1.22. The Bertz CT molecular complexity index is 396. The fraction of sp³-hybridized carbons (Fsp3) is 0. The van der Waals surface area contributed by atoms with Crippen molar-refractivity contribution in [1.29, 1.82) is 0 Å². The molecule has 0 fully saturated rings. The Morgan fingerprint density at radius 2 is 2.27 bits per heavy atom. The number of hydrogen-bond donors (Lipinski definition) is 0. The lowest BCUT2D eigenvalue weighted by Crippen LogP contribution is -1.90. The largest absolute Gasteiger partial charge is 0.277 e. The highest BCUT2D eigenvalue weighted by molar-refractivity contribution is 7.08. The molecule has 0 aliphatic carbocycles. The topological polar surface area (TPSA) is 30.0 Å². The fourth-order valence-corrected chi connectivity index (χ4v) is 1.63. The van der Waals surface area contributed by atoms with Crippen molar-refractivity contribution < 1.29 is 0 Å². The molecule has 2 aliphatic rings. The number of fused-ring (bicyclic) bond motifs is 1. The van der Waals surface area contributed by atoms with E-state index in [0.717, 1.165) is 5.69 Å². The molecule has 0 aromatic heterocycles. The lowest BCUT2D eigenvalue weighted by atomic mass is 10.3. The maximum Gasteiger partial charge on any atom is 0.241 e. The molecule has 0 unspecified atom stereocenters. The second-order valence-corrected chi connectivity index (χ2v) is 2.99. The molecule has 2 heterocycles. The molecule has 0 saturated heterocycles. The first kappa shape index (κ1) is 6.49. The highest BCUT2D eigenvalue weighted by atomic mass is 32.1. The summed E-state index contributed by atoms with van der Waals surface area (Å²) in [5, 5.41) is 1.78. The summed E-state index contributed by atoms with van der Waals surface area (Å²) in [5.41, 5.74) is 1.49. The maximum atomic E-state index is 11.1. The summed E-state index contributed by atoms with van der Waals surface area (Å²) in [5.74, 6) is 0. The lowest BCUT2D eigenvalue weighted by molar-refractivity contribution is 1.38. The normalized spacial score (nSPS) is 10.2. The Balaban J connectivity index is 2.86. The average Bonchev–Trinajstić information content (AvgIpc) is 2.25. The summed E-state index contributed by atoms with van der Waals surface area (Å²) in [4.78, 5) is 15.2. The van der Waals surface area contributed by atoms with Gasteiger partial charge in [-0.1, -0.05) is 17.4 Å². The molecule has 11 heavy (non-hydrogen) atoms. The molecule has 0 aromatic rings. The molecular formula is C8H5NOS. The van der Waals surface area contributed by atoms with Crippen molar-refractivity contribution in [2.75, 3.05) is 0 Å². The number of hydrogen-bond acceptors (Lipinski definition) is 3. The minimum absolute atomic E-state index is 0.0868. The van der Waals surface area contributed by atoms with E-state index < -0.39 is 0 Å². The third-order valence-electron chi connectivity index (χ3n) is 1.45. The molecular weight excluding hydrogens is 158 g/mol. The van der Waals surface area contributed by atoms with Crippen LogP contribution in [0.2, 0.25) is 0 Å². The number of rotatable bonds is 0. The Morgan fingerprint density at radius 1 is 1.36 bits per heavy atom. The quantitative estimate of drug-likeness (QED) is 0.590. The van der Waals surface area contributed by atoms with Crippen LogP contribution in [0.5, 0.6) is 0 Å². The van der Waals surface area contributed by atoms with Gasteiger partial charge in [-0.3, -0.25) is 9.78 Å². The Kier molecular flexibility index (Phi) is 1.43. The van der Waals surface area contributed by atoms with Crippen molar-refractivity contribution in [2.24, 2.45) is 0 Å². The van der Waals surface area contributed by atoms with Crippen molar-refractivity contribution in [3.8, 4) is 11.3 Å². The van der Waals surface area contributed by atoms with Gasteiger partial charge in [0.15, 0.2) is 0 Å². The first-order valence-electron chi connectivity index (χ1n) is 3.20. The molecule has 2 aliphatic heterocycles. The molecule has 0 saturated carbocycles. The van der Waals surface area contributed by atoms with Crippen LogP contribution in [0.1, 0.15) is 0 Å². The van der Waals surface area contributed by atoms with E-state index in [4.69, 9.17) is 0 Å². The van der Waals surface area contributed by atoms with E-state index in [1.807, 2.05) is 12.1 Å². The van der Waals surface area contributed by atoms with E-state index >= 15 is 0 Å². The first-order chi connectivity index (χ1) is 5.38. The average molecular weight is 163 g/mol.